The van der Waals surface area contributed by atoms with Crippen LogP contribution in [0.5, 0.6) is 0 Å². The van der Waals surface area contributed by atoms with E-state index in [1.807, 2.05) is 0 Å². The Morgan fingerprint density at radius 1 is 1.05 bits per heavy atom. The third-order valence-corrected chi connectivity index (χ3v) is 4.09. The highest BCUT2D eigenvalue weighted by Gasteiger charge is 2.32. The average molecular weight is 285 g/mol. The first kappa shape index (κ1) is 15.4. The average Bonchev–Trinajstić information content (AvgIpc) is 2.44. The van der Waals surface area contributed by atoms with E-state index in [1.54, 1.807) is 12.1 Å². The van der Waals surface area contributed by atoms with Gasteiger partial charge < -0.3 is 5.32 Å². The Labute approximate surface area is 118 Å². The molecule has 112 valence electrons. The van der Waals surface area contributed by atoms with Gasteiger partial charge in [0.1, 0.15) is 0 Å². The van der Waals surface area contributed by atoms with Crippen molar-refractivity contribution in [2.24, 2.45) is 5.92 Å². The van der Waals surface area contributed by atoms with Gasteiger partial charge in [-0.3, -0.25) is 0 Å². The van der Waals surface area contributed by atoms with Crippen molar-refractivity contribution < 1.29 is 13.2 Å². The minimum Gasteiger partial charge on any atom is -0.313 e. The van der Waals surface area contributed by atoms with Crippen LogP contribution < -0.4 is 5.32 Å². The van der Waals surface area contributed by atoms with Gasteiger partial charge in [-0.15, -0.1) is 0 Å². The summed E-state index contributed by atoms with van der Waals surface area (Å²) in [5.74, 6) is 0.758. The van der Waals surface area contributed by atoms with Gasteiger partial charge in [0, 0.05) is 6.54 Å². The molecule has 0 unspecified atom stereocenters. The van der Waals surface area contributed by atoms with Crippen molar-refractivity contribution in [2.45, 2.75) is 51.2 Å². The molecule has 0 radical (unpaired) electrons. The highest BCUT2D eigenvalue weighted by Crippen LogP contribution is 2.31. The molecule has 0 amide bonds. The maximum Gasteiger partial charge on any atom is 0.416 e. The number of halogens is 3. The number of hydrogen-bond donors (Lipinski definition) is 1. The second kappa shape index (κ2) is 7.11. The summed E-state index contributed by atoms with van der Waals surface area (Å²) >= 11 is 0. The summed E-state index contributed by atoms with van der Waals surface area (Å²) in [6, 6.07) is 5.80. The molecule has 0 aromatic heterocycles. The highest BCUT2D eigenvalue weighted by atomic mass is 19.4. The highest BCUT2D eigenvalue weighted by molar-refractivity contribution is 5.29. The number of benzene rings is 1. The van der Waals surface area contributed by atoms with E-state index in [0.717, 1.165) is 24.9 Å². The van der Waals surface area contributed by atoms with Gasteiger partial charge in [0.15, 0.2) is 0 Å². The van der Waals surface area contributed by atoms with Gasteiger partial charge in [-0.05, 0) is 30.5 Å². The molecule has 2 rings (SSSR count). The first-order valence-electron chi connectivity index (χ1n) is 7.43. The maximum atomic E-state index is 12.8. The van der Waals surface area contributed by atoms with E-state index in [-0.39, 0.29) is 0 Å². The molecule has 1 saturated carbocycles. The number of alkyl halides is 3. The molecule has 1 aliphatic rings. The van der Waals surface area contributed by atoms with Crippen LogP contribution in [0.1, 0.15) is 49.7 Å². The predicted octanol–water partition coefficient (Wildman–Crippen LogP) is 4.77. The van der Waals surface area contributed by atoms with Crippen LogP contribution >= 0.6 is 0 Å². The lowest BCUT2D eigenvalue weighted by atomic mass is 9.87. The zero-order valence-corrected chi connectivity index (χ0v) is 11.7. The Hall–Kier alpha value is -1.03. The van der Waals surface area contributed by atoms with E-state index in [0.29, 0.717) is 12.1 Å². The first-order valence-corrected chi connectivity index (χ1v) is 7.43. The SMILES string of the molecule is FC(F)(F)c1ccccc1CNCCC1CCCCC1. The van der Waals surface area contributed by atoms with Gasteiger partial charge in [-0.1, -0.05) is 50.3 Å². The van der Waals surface area contributed by atoms with Crippen LogP contribution in [0, 0.1) is 5.92 Å². The topological polar surface area (TPSA) is 12.0 Å². The van der Waals surface area contributed by atoms with Crippen LogP contribution in [0.3, 0.4) is 0 Å². The predicted molar refractivity (Wildman–Crippen MR) is 74.3 cm³/mol. The molecule has 1 N–H and O–H groups in total. The maximum absolute atomic E-state index is 12.8. The van der Waals surface area contributed by atoms with Crippen LogP contribution in [-0.2, 0) is 12.7 Å². The molecule has 0 aliphatic heterocycles. The van der Waals surface area contributed by atoms with Crippen LogP contribution in [-0.4, -0.2) is 6.54 Å². The summed E-state index contributed by atoms with van der Waals surface area (Å²) in [6.45, 7) is 1.10. The molecule has 1 aromatic rings. The normalized spacial score (nSPS) is 17.4. The van der Waals surface area contributed by atoms with Crippen molar-refractivity contribution in [3.05, 3.63) is 35.4 Å². The van der Waals surface area contributed by atoms with Crippen LogP contribution in [0.15, 0.2) is 24.3 Å². The third kappa shape index (κ3) is 4.51. The smallest absolute Gasteiger partial charge is 0.313 e. The molecule has 1 fully saturated rings. The van der Waals surface area contributed by atoms with E-state index in [9.17, 15) is 13.2 Å². The fourth-order valence-electron chi connectivity index (χ4n) is 2.96. The third-order valence-electron chi connectivity index (χ3n) is 4.09. The largest absolute Gasteiger partial charge is 0.416 e. The van der Waals surface area contributed by atoms with Crippen LogP contribution in [0.25, 0.3) is 0 Å². The molecule has 4 heteroatoms. The molecule has 0 bridgehead atoms. The molecular weight excluding hydrogens is 263 g/mol. The lowest BCUT2D eigenvalue weighted by molar-refractivity contribution is -0.138. The van der Waals surface area contributed by atoms with E-state index in [4.69, 9.17) is 0 Å². The molecule has 0 saturated heterocycles. The zero-order valence-electron chi connectivity index (χ0n) is 11.7. The molecule has 0 heterocycles. The summed E-state index contributed by atoms with van der Waals surface area (Å²) in [5, 5.41) is 3.16. The lowest BCUT2D eigenvalue weighted by Crippen LogP contribution is -2.21. The second-order valence-electron chi connectivity index (χ2n) is 5.62. The van der Waals surface area contributed by atoms with Gasteiger partial charge in [-0.2, -0.15) is 13.2 Å². The molecule has 0 spiro atoms. The van der Waals surface area contributed by atoms with Gasteiger partial charge >= 0.3 is 6.18 Å². The molecule has 1 aliphatic carbocycles. The summed E-state index contributed by atoms with van der Waals surface area (Å²) in [7, 11) is 0. The van der Waals surface area contributed by atoms with Crippen molar-refractivity contribution >= 4 is 0 Å². The fourth-order valence-corrected chi connectivity index (χ4v) is 2.96. The van der Waals surface area contributed by atoms with Gasteiger partial charge in [0.05, 0.1) is 5.56 Å². The molecule has 0 atom stereocenters. The monoisotopic (exact) mass is 285 g/mol. The number of hydrogen-bond acceptors (Lipinski definition) is 1. The fraction of sp³-hybridized carbons (Fsp3) is 0.625. The van der Waals surface area contributed by atoms with Gasteiger partial charge in [0.2, 0.25) is 0 Å². The Morgan fingerprint density at radius 2 is 1.75 bits per heavy atom. The van der Waals surface area contributed by atoms with E-state index in [1.165, 1.54) is 38.2 Å². The summed E-state index contributed by atoms with van der Waals surface area (Å²) in [5.41, 5.74) is -0.186. The zero-order chi connectivity index (χ0) is 14.4. The quantitative estimate of drug-likeness (QED) is 0.769. The van der Waals surface area contributed by atoms with E-state index < -0.39 is 11.7 Å². The van der Waals surface area contributed by atoms with Crippen molar-refractivity contribution in [3.8, 4) is 0 Å². The van der Waals surface area contributed by atoms with E-state index >= 15 is 0 Å². The molecule has 1 aromatic carbocycles. The minimum atomic E-state index is -4.26. The molecule has 20 heavy (non-hydrogen) atoms. The molecule has 1 nitrogen and oxygen atoms in total. The Bertz CT molecular complexity index is 408. The summed E-state index contributed by atoms with van der Waals surface area (Å²) < 4.78 is 38.5. The van der Waals surface area contributed by atoms with Gasteiger partial charge in [0.25, 0.3) is 0 Å². The minimum absolute atomic E-state index is 0.294. The lowest BCUT2D eigenvalue weighted by Gasteiger charge is -2.21. The Morgan fingerprint density at radius 3 is 2.45 bits per heavy atom. The van der Waals surface area contributed by atoms with Crippen molar-refractivity contribution in [2.75, 3.05) is 6.54 Å². The molecular formula is C16H22F3N. The number of rotatable bonds is 5. The van der Waals surface area contributed by atoms with Crippen molar-refractivity contribution in [1.82, 2.24) is 5.32 Å². The van der Waals surface area contributed by atoms with Crippen molar-refractivity contribution in [1.29, 1.82) is 0 Å². The van der Waals surface area contributed by atoms with Crippen LogP contribution in [0.4, 0.5) is 13.2 Å². The standard InChI is InChI=1S/C16H22F3N/c17-16(18,19)15-9-5-4-8-14(15)12-20-11-10-13-6-2-1-3-7-13/h4-5,8-9,13,20H,1-3,6-7,10-12H2. The Balaban J connectivity index is 1.79. The first-order chi connectivity index (χ1) is 9.57. The second-order valence-corrected chi connectivity index (χ2v) is 5.62. The Kier molecular flexibility index (Phi) is 5.46. The van der Waals surface area contributed by atoms with E-state index in [2.05, 4.69) is 5.32 Å². The van der Waals surface area contributed by atoms with Crippen molar-refractivity contribution in [3.63, 3.8) is 0 Å². The van der Waals surface area contributed by atoms with Crippen LogP contribution in [0.2, 0.25) is 0 Å². The van der Waals surface area contributed by atoms with Gasteiger partial charge in [-0.25, -0.2) is 0 Å². The summed E-state index contributed by atoms with van der Waals surface area (Å²) in [4.78, 5) is 0. The summed E-state index contributed by atoms with van der Waals surface area (Å²) in [6.07, 6.45) is 3.32. The number of nitrogens with one attached hydrogen (secondary N) is 1.